The Balaban J connectivity index is 1.59. The van der Waals surface area contributed by atoms with Gasteiger partial charge in [-0.15, -0.1) is 11.3 Å². The maximum Gasteiger partial charge on any atom is 0.225 e. The second-order valence-corrected chi connectivity index (χ2v) is 7.33. The minimum atomic E-state index is -0.290. The molecule has 140 valence electrons. The van der Waals surface area contributed by atoms with Gasteiger partial charge >= 0.3 is 0 Å². The fraction of sp³-hybridized carbons (Fsp3) is 0.368. The van der Waals surface area contributed by atoms with Crippen molar-refractivity contribution < 1.29 is 9.59 Å². The van der Waals surface area contributed by atoms with Gasteiger partial charge in [-0.25, -0.2) is 4.98 Å². The number of amides is 2. The van der Waals surface area contributed by atoms with Gasteiger partial charge in [0.15, 0.2) is 0 Å². The van der Waals surface area contributed by atoms with Crippen LogP contribution in [0.2, 0.25) is 0 Å². The van der Waals surface area contributed by atoms with Crippen LogP contribution < -0.4 is 10.2 Å². The number of carbonyl (C=O) groups excluding carboxylic acids is 2. The monoisotopic (exact) mass is 383 g/mol. The third-order valence-electron chi connectivity index (χ3n) is 4.47. The SMILES string of the molecule is CC(=O)NC(CC(=O)N1CCN(c2cc(C#N)ccn2)CC1)c1cccs1. The summed E-state index contributed by atoms with van der Waals surface area (Å²) in [5.41, 5.74) is 0.576. The second kappa shape index (κ2) is 8.64. The van der Waals surface area contributed by atoms with Gasteiger partial charge in [0.05, 0.1) is 24.1 Å². The quantitative estimate of drug-likeness (QED) is 0.852. The van der Waals surface area contributed by atoms with Gasteiger partial charge in [-0.1, -0.05) is 6.07 Å². The second-order valence-electron chi connectivity index (χ2n) is 6.36. The van der Waals surface area contributed by atoms with Gasteiger partial charge in [0.25, 0.3) is 0 Å². The number of nitrogens with zero attached hydrogens (tertiary/aromatic N) is 4. The Morgan fingerprint density at radius 3 is 2.74 bits per heavy atom. The van der Waals surface area contributed by atoms with E-state index >= 15 is 0 Å². The number of anilines is 1. The number of aromatic nitrogens is 1. The molecule has 0 spiro atoms. The zero-order valence-electron chi connectivity index (χ0n) is 15.1. The molecule has 0 saturated carbocycles. The molecule has 2 amide bonds. The maximum absolute atomic E-state index is 12.7. The highest BCUT2D eigenvalue weighted by Gasteiger charge is 2.25. The third kappa shape index (κ3) is 4.83. The molecule has 1 saturated heterocycles. The molecule has 2 aromatic rings. The topological polar surface area (TPSA) is 89.3 Å². The number of pyridine rings is 1. The van der Waals surface area contributed by atoms with E-state index in [0.717, 1.165) is 10.7 Å². The Kier molecular flexibility index (Phi) is 6.04. The van der Waals surface area contributed by atoms with Crippen molar-refractivity contribution in [3.05, 3.63) is 46.3 Å². The minimum absolute atomic E-state index is 0.0283. The van der Waals surface area contributed by atoms with Crippen LogP contribution in [0.25, 0.3) is 0 Å². The van der Waals surface area contributed by atoms with E-state index < -0.39 is 0 Å². The van der Waals surface area contributed by atoms with E-state index in [9.17, 15) is 9.59 Å². The lowest BCUT2D eigenvalue weighted by Gasteiger charge is -2.36. The summed E-state index contributed by atoms with van der Waals surface area (Å²) in [6.07, 6.45) is 1.88. The molecule has 0 aliphatic carbocycles. The number of hydrogen-bond donors (Lipinski definition) is 1. The van der Waals surface area contributed by atoms with Crippen molar-refractivity contribution in [2.24, 2.45) is 0 Å². The Hall–Kier alpha value is -2.92. The summed E-state index contributed by atoms with van der Waals surface area (Å²) < 4.78 is 0. The minimum Gasteiger partial charge on any atom is -0.353 e. The molecule has 2 aromatic heterocycles. The molecule has 1 aliphatic heterocycles. The Bertz CT molecular complexity index is 838. The number of carbonyl (C=O) groups is 2. The van der Waals surface area contributed by atoms with Crippen molar-refractivity contribution in [1.29, 1.82) is 5.26 Å². The van der Waals surface area contributed by atoms with E-state index in [-0.39, 0.29) is 24.3 Å². The molecule has 0 radical (unpaired) electrons. The highest BCUT2D eigenvalue weighted by molar-refractivity contribution is 7.10. The summed E-state index contributed by atoms with van der Waals surface area (Å²) in [4.78, 5) is 33.4. The predicted octanol–water partition coefficient (Wildman–Crippen LogP) is 1.93. The summed E-state index contributed by atoms with van der Waals surface area (Å²) >= 11 is 1.53. The van der Waals surface area contributed by atoms with E-state index in [1.807, 2.05) is 22.4 Å². The molecule has 0 bridgehead atoms. The summed E-state index contributed by atoms with van der Waals surface area (Å²) in [6.45, 7) is 3.98. The summed E-state index contributed by atoms with van der Waals surface area (Å²) in [7, 11) is 0. The molecule has 1 fully saturated rings. The van der Waals surface area contributed by atoms with Crippen molar-refractivity contribution in [3.8, 4) is 6.07 Å². The van der Waals surface area contributed by atoms with E-state index in [4.69, 9.17) is 5.26 Å². The lowest BCUT2D eigenvalue weighted by Crippen LogP contribution is -2.49. The first-order valence-corrected chi connectivity index (χ1v) is 9.64. The summed E-state index contributed by atoms with van der Waals surface area (Å²) in [5, 5.41) is 13.8. The van der Waals surface area contributed by atoms with Crippen molar-refractivity contribution in [3.63, 3.8) is 0 Å². The van der Waals surface area contributed by atoms with Gasteiger partial charge in [0.2, 0.25) is 11.8 Å². The normalized spacial score (nSPS) is 15.1. The molecule has 1 N–H and O–H groups in total. The van der Waals surface area contributed by atoms with Gasteiger partial charge in [-0.2, -0.15) is 5.26 Å². The van der Waals surface area contributed by atoms with Gasteiger partial charge in [-0.05, 0) is 23.6 Å². The lowest BCUT2D eigenvalue weighted by atomic mass is 10.1. The number of nitriles is 1. The molecule has 3 rings (SSSR count). The van der Waals surface area contributed by atoms with Crippen molar-refractivity contribution in [2.75, 3.05) is 31.1 Å². The van der Waals surface area contributed by atoms with E-state index in [0.29, 0.717) is 31.7 Å². The van der Waals surface area contributed by atoms with Gasteiger partial charge in [0.1, 0.15) is 5.82 Å². The van der Waals surface area contributed by atoms with Crippen LogP contribution in [0.3, 0.4) is 0 Å². The first-order valence-electron chi connectivity index (χ1n) is 8.76. The molecular formula is C19H21N5O2S. The Labute approximate surface area is 162 Å². The molecule has 8 heteroatoms. The number of hydrogen-bond acceptors (Lipinski definition) is 6. The highest BCUT2D eigenvalue weighted by Crippen LogP contribution is 2.23. The van der Waals surface area contributed by atoms with E-state index in [2.05, 4.69) is 21.3 Å². The molecular weight excluding hydrogens is 362 g/mol. The van der Waals surface area contributed by atoms with E-state index in [1.54, 1.807) is 18.3 Å². The summed E-state index contributed by atoms with van der Waals surface area (Å²) in [5.74, 6) is 0.644. The van der Waals surface area contributed by atoms with Crippen LogP contribution in [0.1, 0.15) is 29.8 Å². The number of nitrogens with one attached hydrogen (secondary N) is 1. The van der Waals surface area contributed by atoms with Crippen LogP contribution in [-0.2, 0) is 9.59 Å². The molecule has 3 heterocycles. The van der Waals surface area contributed by atoms with Crippen molar-refractivity contribution in [2.45, 2.75) is 19.4 Å². The van der Waals surface area contributed by atoms with Crippen LogP contribution in [0.5, 0.6) is 0 Å². The first-order chi connectivity index (χ1) is 13.1. The standard InChI is InChI=1S/C19H21N5O2S/c1-14(25)22-16(17-3-2-10-27-17)12-19(26)24-8-6-23(7-9-24)18-11-15(13-20)4-5-21-18/h2-5,10-11,16H,6-9,12H2,1H3,(H,22,25). The van der Waals surface area contributed by atoms with Gasteiger partial charge < -0.3 is 15.1 Å². The maximum atomic E-state index is 12.7. The van der Waals surface area contributed by atoms with Crippen LogP contribution in [0.4, 0.5) is 5.82 Å². The first kappa shape index (κ1) is 18.9. The zero-order valence-corrected chi connectivity index (χ0v) is 15.9. The fourth-order valence-electron chi connectivity index (χ4n) is 3.11. The molecule has 1 aliphatic rings. The van der Waals surface area contributed by atoms with Crippen molar-refractivity contribution >= 4 is 29.0 Å². The Morgan fingerprint density at radius 2 is 2.11 bits per heavy atom. The Morgan fingerprint density at radius 1 is 1.33 bits per heavy atom. The average Bonchev–Trinajstić information content (AvgIpc) is 3.22. The van der Waals surface area contributed by atoms with Crippen molar-refractivity contribution in [1.82, 2.24) is 15.2 Å². The van der Waals surface area contributed by atoms with Crippen LogP contribution in [-0.4, -0.2) is 47.9 Å². The zero-order chi connectivity index (χ0) is 19.2. The van der Waals surface area contributed by atoms with Gasteiger partial charge in [-0.3, -0.25) is 9.59 Å². The predicted molar refractivity (Wildman–Crippen MR) is 103 cm³/mol. The van der Waals surface area contributed by atoms with Crippen LogP contribution in [0.15, 0.2) is 35.8 Å². The molecule has 1 unspecified atom stereocenters. The number of rotatable bonds is 5. The third-order valence-corrected chi connectivity index (χ3v) is 5.46. The number of piperazine rings is 1. The number of thiophene rings is 1. The fourth-order valence-corrected chi connectivity index (χ4v) is 3.89. The van der Waals surface area contributed by atoms with Crippen LogP contribution in [0, 0.1) is 11.3 Å². The van der Waals surface area contributed by atoms with Crippen LogP contribution >= 0.6 is 11.3 Å². The average molecular weight is 383 g/mol. The van der Waals surface area contributed by atoms with Gasteiger partial charge in [0, 0.05) is 44.2 Å². The molecule has 0 aromatic carbocycles. The highest BCUT2D eigenvalue weighted by atomic mass is 32.1. The largest absolute Gasteiger partial charge is 0.353 e. The lowest BCUT2D eigenvalue weighted by molar-refractivity contribution is -0.132. The smallest absolute Gasteiger partial charge is 0.225 e. The summed E-state index contributed by atoms with van der Waals surface area (Å²) in [6, 6.07) is 9.12. The molecule has 27 heavy (non-hydrogen) atoms. The molecule has 1 atom stereocenters. The molecule has 7 nitrogen and oxygen atoms in total. The van der Waals surface area contributed by atoms with E-state index in [1.165, 1.54) is 18.3 Å².